The third-order valence-electron chi connectivity index (χ3n) is 3.75. The summed E-state index contributed by atoms with van der Waals surface area (Å²) in [7, 11) is 1.97. The van der Waals surface area contributed by atoms with Crippen LogP contribution in [-0.4, -0.2) is 36.2 Å². The van der Waals surface area contributed by atoms with Gasteiger partial charge in [0.1, 0.15) is 13.2 Å². The van der Waals surface area contributed by atoms with E-state index in [0.29, 0.717) is 31.9 Å². The SMILES string of the molecule is CN(Cc1ccc2c(c1)OCCO2)Cc1ccccc1C(=O)O. The van der Waals surface area contributed by atoms with Gasteiger partial charge in [0, 0.05) is 13.1 Å². The van der Waals surface area contributed by atoms with Gasteiger partial charge in [-0.25, -0.2) is 4.79 Å². The zero-order chi connectivity index (χ0) is 16.2. The third-order valence-corrected chi connectivity index (χ3v) is 3.75. The fraction of sp³-hybridized carbons (Fsp3) is 0.278. The summed E-state index contributed by atoms with van der Waals surface area (Å²) in [5.41, 5.74) is 2.26. The first-order valence-corrected chi connectivity index (χ1v) is 7.52. The number of hydrogen-bond donors (Lipinski definition) is 1. The van der Waals surface area contributed by atoms with Crippen LogP contribution in [0.5, 0.6) is 11.5 Å². The molecule has 120 valence electrons. The van der Waals surface area contributed by atoms with Crippen molar-refractivity contribution >= 4 is 5.97 Å². The maximum atomic E-state index is 11.3. The van der Waals surface area contributed by atoms with Gasteiger partial charge < -0.3 is 14.6 Å². The maximum absolute atomic E-state index is 11.3. The number of hydrogen-bond acceptors (Lipinski definition) is 4. The van der Waals surface area contributed by atoms with Crippen molar-refractivity contribution in [3.05, 3.63) is 59.2 Å². The van der Waals surface area contributed by atoms with Gasteiger partial charge in [-0.05, 0) is 36.4 Å². The van der Waals surface area contributed by atoms with Gasteiger partial charge >= 0.3 is 5.97 Å². The van der Waals surface area contributed by atoms with Gasteiger partial charge in [-0.1, -0.05) is 24.3 Å². The molecule has 1 aliphatic heterocycles. The molecule has 2 aromatic carbocycles. The normalized spacial score (nSPS) is 13.1. The maximum Gasteiger partial charge on any atom is 0.336 e. The molecule has 0 aromatic heterocycles. The minimum absolute atomic E-state index is 0.349. The molecule has 1 heterocycles. The Morgan fingerprint density at radius 2 is 1.83 bits per heavy atom. The summed E-state index contributed by atoms with van der Waals surface area (Å²) in [6.45, 7) is 2.41. The first kappa shape index (κ1) is 15.4. The summed E-state index contributed by atoms with van der Waals surface area (Å²) < 4.78 is 11.1. The molecule has 5 heteroatoms. The first-order chi connectivity index (χ1) is 11.1. The van der Waals surface area contributed by atoms with Crippen LogP contribution in [0.25, 0.3) is 0 Å². The van der Waals surface area contributed by atoms with Crippen LogP contribution in [0.15, 0.2) is 42.5 Å². The molecule has 0 unspecified atom stereocenters. The average Bonchev–Trinajstić information content (AvgIpc) is 2.55. The van der Waals surface area contributed by atoms with Gasteiger partial charge in [0.05, 0.1) is 5.56 Å². The number of rotatable bonds is 5. The van der Waals surface area contributed by atoms with Crippen molar-refractivity contribution in [2.24, 2.45) is 0 Å². The van der Waals surface area contributed by atoms with Crippen LogP contribution in [-0.2, 0) is 13.1 Å². The van der Waals surface area contributed by atoms with Crippen molar-refractivity contribution in [3.63, 3.8) is 0 Å². The van der Waals surface area contributed by atoms with Crippen LogP contribution in [0, 0.1) is 0 Å². The fourth-order valence-corrected chi connectivity index (χ4v) is 2.71. The van der Waals surface area contributed by atoms with Gasteiger partial charge in [0.2, 0.25) is 0 Å². The number of nitrogens with zero attached hydrogens (tertiary/aromatic N) is 1. The lowest BCUT2D eigenvalue weighted by molar-refractivity contribution is 0.0694. The number of carboxylic acid groups (broad SMARTS) is 1. The molecule has 0 amide bonds. The quantitative estimate of drug-likeness (QED) is 0.920. The Labute approximate surface area is 135 Å². The van der Waals surface area contributed by atoms with E-state index in [1.807, 2.05) is 37.4 Å². The molecule has 0 radical (unpaired) electrons. The fourth-order valence-electron chi connectivity index (χ4n) is 2.71. The molecule has 0 bridgehead atoms. The molecule has 2 aromatic rings. The second-order valence-electron chi connectivity index (χ2n) is 5.61. The molecule has 0 spiro atoms. The Hall–Kier alpha value is -2.53. The summed E-state index contributed by atoms with van der Waals surface area (Å²) in [6.07, 6.45) is 0. The van der Waals surface area contributed by atoms with Gasteiger partial charge in [0.15, 0.2) is 11.5 Å². The van der Waals surface area contributed by atoms with Crippen LogP contribution in [0.3, 0.4) is 0 Å². The zero-order valence-electron chi connectivity index (χ0n) is 13.0. The molecule has 23 heavy (non-hydrogen) atoms. The monoisotopic (exact) mass is 313 g/mol. The van der Waals surface area contributed by atoms with E-state index in [4.69, 9.17) is 9.47 Å². The molecule has 0 fully saturated rings. The molecular weight excluding hydrogens is 294 g/mol. The smallest absolute Gasteiger partial charge is 0.336 e. The molecule has 5 nitrogen and oxygen atoms in total. The topological polar surface area (TPSA) is 59.0 Å². The Bertz CT molecular complexity index is 714. The highest BCUT2D eigenvalue weighted by Gasteiger charge is 2.14. The van der Waals surface area contributed by atoms with E-state index >= 15 is 0 Å². The predicted octanol–water partition coefficient (Wildman–Crippen LogP) is 2.79. The van der Waals surface area contributed by atoms with Crippen LogP contribution >= 0.6 is 0 Å². The number of fused-ring (bicyclic) bond motifs is 1. The Balaban J connectivity index is 1.70. The highest BCUT2D eigenvalue weighted by molar-refractivity contribution is 5.89. The summed E-state index contributed by atoms with van der Waals surface area (Å²) in [6, 6.07) is 13.0. The second kappa shape index (κ2) is 6.71. The standard InChI is InChI=1S/C18H19NO4/c1-19(12-14-4-2-3-5-15(14)18(20)21)11-13-6-7-16-17(10-13)23-9-8-22-16/h2-7,10H,8-9,11-12H2,1H3,(H,20,21). The lowest BCUT2D eigenvalue weighted by atomic mass is 10.1. The summed E-state index contributed by atoms with van der Waals surface area (Å²) in [4.78, 5) is 13.3. The van der Waals surface area contributed by atoms with Crippen molar-refractivity contribution in [1.29, 1.82) is 0 Å². The van der Waals surface area contributed by atoms with E-state index < -0.39 is 5.97 Å². The molecule has 0 atom stereocenters. The molecular formula is C18H19NO4. The molecule has 0 saturated heterocycles. The van der Waals surface area contributed by atoms with Crippen molar-refractivity contribution in [2.75, 3.05) is 20.3 Å². The summed E-state index contributed by atoms with van der Waals surface area (Å²) >= 11 is 0. The number of ether oxygens (including phenoxy) is 2. The highest BCUT2D eigenvalue weighted by atomic mass is 16.6. The van der Waals surface area contributed by atoms with Crippen molar-refractivity contribution < 1.29 is 19.4 Å². The van der Waals surface area contributed by atoms with Gasteiger partial charge in [-0.2, -0.15) is 0 Å². The largest absolute Gasteiger partial charge is 0.486 e. The van der Waals surface area contributed by atoms with Crippen LogP contribution in [0.2, 0.25) is 0 Å². The minimum atomic E-state index is -0.895. The van der Waals surface area contributed by atoms with Gasteiger partial charge in [0.25, 0.3) is 0 Å². The Morgan fingerprint density at radius 3 is 2.61 bits per heavy atom. The molecule has 1 aliphatic rings. The highest BCUT2D eigenvalue weighted by Crippen LogP contribution is 2.31. The van der Waals surface area contributed by atoms with E-state index in [2.05, 4.69) is 4.90 Å². The number of carbonyl (C=O) groups is 1. The van der Waals surface area contributed by atoms with Gasteiger partial charge in [-0.15, -0.1) is 0 Å². The second-order valence-corrected chi connectivity index (χ2v) is 5.61. The predicted molar refractivity (Wildman–Crippen MR) is 86.0 cm³/mol. The molecule has 3 rings (SSSR count). The summed E-state index contributed by atoms with van der Waals surface area (Å²) in [5.74, 6) is 0.653. The average molecular weight is 313 g/mol. The van der Waals surface area contributed by atoms with E-state index in [1.54, 1.807) is 12.1 Å². The Kier molecular flexibility index (Phi) is 4.48. The van der Waals surface area contributed by atoms with Crippen LogP contribution < -0.4 is 9.47 Å². The number of carboxylic acids is 1. The third kappa shape index (κ3) is 3.63. The number of benzene rings is 2. The molecule has 0 aliphatic carbocycles. The van der Waals surface area contributed by atoms with E-state index in [9.17, 15) is 9.90 Å². The van der Waals surface area contributed by atoms with Crippen LogP contribution in [0.1, 0.15) is 21.5 Å². The number of aromatic carboxylic acids is 1. The van der Waals surface area contributed by atoms with E-state index in [0.717, 1.165) is 22.6 Å². The first-order valence-electron chi connectivity index (χ1n) is 7.52. The van der Waals surface area contributed by atoms with Crippen molar-refractivity contribution in [1.82, 2.24) is 4.90 Å². The zero-order valence-corrected chi connectivity index (χ0v) is 13.0. The van der Waals surface area contributed by atoms with Crippen molar-refractivity contribution in [2.45, 2.75) is 13.1 Å². The van der Waals surface area contributed by atoms with Crippen molar-refractivity contribution in [3.8, 4) is 11.5 Å². The van der Waals surface area contributed by atoms with E-state index in [1.165, 1.54) is 0 Å². The Morgan fingerprint density at radius 1 is 1.09 bits per heavy atom. The molecule has 0 saturated carbocycles. The van der Waals surface area contributed by atoms with Gasteiger partial charge in [-0.3, -0.25) is 4.90 Å². The molecule has 1 N–H and O–H groups in total. The lowest BCUT2D eigenvalue weighted by Gasteiger charge is -2.21. The summed E-state index contributed by atoms with van der Waals surface area (Å²) in [5, 5.41) is 9.25. The van der Waals surface area contributed by atoms with E-state index in [-0.39, 0.29) is 0 Å². The minimum Gasteiger partial charge on any atom is -0.486 e. The van der Waals surface area contributed by atoms with Crippen LogP contribution in [0.4, 0.5) is 0 Å². The lowest BCUT2D eigenvalue weighted by Crippen LogP contribution is -2.20.